The largest absolute Gasteiger partial charge is 0.356 e. The summed E-state index contributed by atoms with van der Waals surface area (Å²) in [6.07, 6.45) is 30.3. The lowest BCUT2D eigenvalue weighted by atomic mass is 10.0. The highest BCUT2D eigenvalue weighted by Crippen LogP contribution is 2.28. The van der Waals surface area contributed by atoms with Crippen LogP contribution < -0.4 is 4.90 Å². The minimum atomic E-state index is 0.506. The molecule has 1 heterocycles. The molecule has 1 aromatic rings. The van der Waals surface area contributed by atoms with Crippen molar-refractivity contribution in [3.05, 3.63) is 42.7 Å². The average Bonchev–Trinajstić information content (AvgIpc) is 3.23. The van der Waals surface area contributed by atoms with Gasteiger partial charge in [0.25, 0.3) is 0 Å². The van der Waals surface area contributed by atoms with E-state index in [2.05, 4.69) is 66.4 Å². The molecule has 0 saturated carbocycles. The smallest absolute Gasteiger partial charge is 0.105 e. The van der Waals surface area contributed by atoms with Crippen molar-refractivity contribution >= 4 is 5.69 Å². The van der Waals surface area contributed by atoms with Crippen molar-refractivity contribution in [3.63, 3.8) is 0 Å². The van der Waals surface area contributed by atoms with Gasteiger partial charge in [0.2, 0.25) is 0 Å². The zero-order valence-corrected chi connectivity index (χ0v) is 21.4. The van der Waals surface area contributed by atoms with Gasteiger partial charge in [-0.2, -0.15) is 0 Å². The summed E-state index contributed by atoms with van der Waals surface area (Å²) >= 11 is 0. The second kappa shape index (κ2) is 18.0. The van der Waals surface area contributed by atoms with Gasteiger partial charge in [0, 0.05) is 24.6 Å². The monoisotopic (exact) mass is 440 g/mol. The van der Waals surface area contributed by atoms with E-state index in [4.69, 9.17) is 0 Å². The molecule has 2 heteroatoms. The molecule has 2 nitrogen and oxygen atoms in total. The number of para-hydroxylation sites is 1. The Balaban J connectivity index is 1.58. The molecular formula is C30H52N2. The van der Waals surface area contributed by atoms with E-state index in [1.54, 1.807) is 0 Å². The molecule has 1 aromatic carbocycles. The number of nitrogens with zero attached hydrogens (tertiary/aromatic N) is 2. The van der Waals surface area contributed by atoms with Crippen molar-refractivity contribution in [2.24, 2.45) is 0 Å². The molecule has 32 heavy (non-hydrogen) atoms. The van der Waals surface area contributed by atoms with E-state index in [-0.39, 0.29) is 0 Å². The van der Waals surface area contributed by atoms with E-state index in [1.807, 2.05) is 0 Å². The molecule has 0 spiro atoms. The molecule has 0 saturated heterocycles. The third kappa shape index (κ3) is 10.9. The Kier molecular flexibility index (Phi) is 15.1. The lowest BCUT2D eigenvalue weighted by molar-refractivity contribution is 0.273. The van der Waals surface area contributed by atoms with Crippen molar-refractivity contribution in [2.45, 2.75) is 136 Å². The predicted octanol–water partition coefficient (Wildman–Crippen LogP) is 9.67. The summed E-state index contributed by atoms with van der Waals surface area (Å²) in [5, 5.41) is 0. The lowest BCUT2D eigenvalue weighted by Gasteiger charge is -2.33. The van der Waals surface area contributed by atoms with Crippen molar-refractivity contribution in [1.82, 2.24) is 4.90 Å². The van der Waals surface area contributed by atoms with Crippen LogP contribution in [0.2, 0.25) is 0 Å². The highest BCUT2D eigenvalue weighted by molar-refractivity contribution is 5.51. The summed E-state index contributed by atoms with van der Waals surface area (Å²) in [7, 11) is 0. The van der Waals surface area contributed by atoms with E-state index >= 15 is 0 Å². The molecule has 0 radical (unpaired) electrons. The third-order valence-corrected chi connectivity index (χ3v) is 7.01. The van der Waals surface area contributed by atoms with E-state index in [9.17, 15) is 0 Å². The van der Waals surface area contributed by atoms with Gasteiger partial charge in [-0.05, 0) is 31.4 Å². The van der Waals surface area contributed by atoms with Gasteiger partial charge in [0.15, 0.2) is 0 Å². The van der Waals surface area contributed by atoms with Crippen LogP contribution in [-0.4, -0.2) is 17.6 Å². The first-order valence-electron chi connectivity index (χ1n) is 14.1. The highest BCUT2D eigenvalue weighted by Gasteiger charge is 2.26. The van der Waals surface area contributed by atoms with Gasteiger partial charge >= 0.3 is 0 Å². The van der Waals surface area contributed by atoms with Crippen molar-refractivity contribution in [2.75, 3.05) is 11.4 Å². The van der Waals surface area contributed by atoms with Gasteiger partial charge in [0.1, 0.15) is 6.17 Å². The quantitative estimate of drug-likeness (QED) is 0.186. The fourth-order valence-corrected chi connectivity index (χ4v) is 4.97. The average molecular weight is 441 g/mol. The number of benzene rings is 1. The summed E-state index contributed by atoms with van der Waals surface area (Å²) in [6.45, 7) is 5.80. The Bertz CT molecular complexity index is 567. The standard InChI is InChI=1S/C30H52N2/c1-3-5-7-9-10-11-12-13-14-15-16-17-22-26-31-27-28-32(29-23-19-18-20-24-29)30(31)25-21-8-6-4-2/h18-20,23-24,27-28,30H,3-17,21-22,25-26H2,1-2H3. The Hall–Kier alpha value is -1.44. The number of anilines is 1. The zero-order chi connectivity index (χ0) is 22.7. The van der Waals surface area contributed by atoms with Crippen LogP contribution >= 0.6 is 0 Å². The molecule has 0 aliphatic carbocycles. The Morgan fingerprint density at radius 1 is 0.562 bits per heavy atom. The van der Waals surface area contributed by atoms with Gasteiger partial charge < -0.3 is 9.80 Å². The van der Waals surface area contributed by atoms with Crippen LogP contribution in [0.15, 0.2) is 42.7 Å². The Morgan fingerprint density at radius 3 is 1.62 bits per heavy atom. The van der Waals surface area contributed by atoms with Crippen LogP contribution in [0.3, 0.4) is 0 Å². The van der Waals surface area contributed by atoms with Gasteiger partial charge in [-0.3, -0.25) is 0 Å². The number of rotatable bonds is 20. The van der Waals surface area contributed by atoms with Gasteiger partial charge in [-0.25, -0.2) is 0 Å². The third-order valence-electron chi connectivity index (χ3n) is 7.01. The van der Waals surface area contributed by atoms with Crippen LogP contribution in [-0.2, 0) is 0 Å². The van der Waals surface area contributed by atoms with Crippen LogP contribution in [0.5, 0.6) is 0 Å². The Labute approximate surface area is 200 Å². The molecule has 2 rings (SSSR count). The lowest BCUT2D eigenvalue weighted by Crippen LogP contribution is -2.39. The summed E-state index contributed by atoms with van der Waals surface area (Å²) in [6, 6.07) is 10.9. The molecular weight excluding hydrogens is 388 g/mol. The maximum atomic E-state index is 2.61. The molecule has 0 bridgehead atoms. The molecule has 0 N–H and O–H groups in total. The van der Waals surface area contributed by atoms with Crippen LogP contribution in [0.25, 0.3) is 0 Å². The number of hydrogen-bond acceptors (Lipinski definition) is 2. The first-order valence-corrected chi connectivity index (χ1v) is 14.1. The topological polar surface area (TPSA) is 6.48 Å². The maximum absolute atomic E-state index is 2.61. The maximum Gasteiger partial charge on any atom is 0.105 e. The molecule has 0 aromatic heterocycles. The summed E-state index contributed by atoms with van der Waals surface area (Å²) in [5.41, 5.74) is 1.33. The SMILES string of the molecule is CCCCCCCCCCCCCCCN1C=CN(c2ccccc2)C1CCCCCC. The molecule has 1 unspecified atom stereocenters. The summed E-state index contributed by atoms with van der Waals surface area (Å²) in [5.74, 6) is 0. The van der Waals surface area contributed by atoms with Crippen LogP contribution in [0, 0.1) is 0 Å². The van der Waals surface area contributed by atoms with E-state index in [0.717, 1.165) is 0 Å². The Morgan fingerprint density at radius 2 is 1.06 bits per heavy atom. The fraction of sp³-hybridized carbons (Fsp3) is 0.733. The second-order valence-corrected chi connectivity index (χ2v) is 9.85. The summed E-state index contributed by atoms with van der Waals surface area (Å²) < 4.78 is 0. The molecule has 0 amide bonds. The van der Waals surface area contributed by atoms with Crippen LogP contribution in [0.4, 0.5) is 5.69 Å². The van der Waals surface area contributed by atoms with Gasteiger partial charge in [0.05, 0.1) is 0 Å². The first-order chi connectivity index (χ1) is 15.9. The first kappa shape index (κ1) is 26.8. The second-order valence-electron chi connectivity index (χ2n) is 9.85. The van der Waals surface area contributed by atoms with Gasteiger partial charge in [-0.15, -0.1) is 0 Å². The van der Waals surface area contributed by atoms with E-state index < -0.39 is 0 Å². The fourth-order valence-electron chi connectivity index (χ4n) is 4.97. The predicted molar refractivity (Wildman–Crippen MR) is 143 cm³/mol. The molecule has 182 valence electrons. The summed E-state index contributed by atoms with van der Waals surface area (Å²) in [4.78, 5) is 5.10. The minimum Gasteiger partial charge on any atom is -0.356 e. The molecule has 0 fully saturated rings. The van der Waals surface area contributed by atoms with E-state index in [0.29, 0.717) is 6.17 Å². The molecule has 1 aliphatic rings. The molecule has 1 atom stereocenters. The van der Waals surface area contributed by atoms with E-state index in [1.165, 1.54) is 128 Å². The zero-order valence-electron chi connectivity index (χ0n) is 21.4. The highest BCUT2D eigenvalue weighted by atomic mass is 15.4. The minimum absolute atomic E-state index is 0.506. The number of hydrogen-bond donors (Lipinski definition) is 0. The normalized spacial score (nSPS) is 15.8. The van der Waals surface area contributed by atoms with Crippen molar-refractivity contribution in [1.29, 1.82) is 0 Å². The van der Waals surface area contributed by atoms with Crippen LogP contribution in [0.1, 0.15) is 129 Å². The van der Waals surface area contributed by atoms with Crippen molar-refractivity contribution in [3.8, 4) is 0 Å². The number of unbranched alkanes of at least 4 members (excludes halogenated alkanes) is 15. The van der Waals surface area contributed by atoms with Gasteiger partial charge in [-0.1, -0.05) is 128 Å². The molecule has 1 aliphatic heterocycles. The van der Waals surface area contributed by atoms with Crippen molar-refractivity contribution < 1.29 is 0 Å².